The summed E-state index contributed by atoms with van der Waals surface area (Å²) in [6.45, 7) is 4.61. The zero-order valence-corrected chi connectivity index (χ0v) is 8.88. The van der Waals surface area contributed by atoms with Crippen LogP contribution in [-0.2, 0) is 0 Å². The fourth-order valence-corrected chi connectivity index (χ4v) is 1.35. The standard InChI is InChI=1S/C10H15N3O2/c1-8(2)7-12(11)9-5-3-4-6-10(9)13(14)15/h3-6,8H,7,11H2,1-2H3. The van der Waals surface area contributed by atoms with Crippen LogP contribution in [0.1, 0.15) is 13.8 Å². The quantitative estimate of drug-likeness (QED) is 0.467. The van der Waals surface area contributed by atoms with Gasteiger partial charge in [-0.3, -0.25) is 10.1 Å². The minimum Gasteiger partial charge on any atom is -0.305 e. The van der Waals surface area contributed by atoms with E-state index >= 15 is 0 Å². The number of nitro benzene ring substituents is 1. The topological polar surface area (TPSA) is 72.4 Å². The molecule has 0 spiro atoms. The van der Waals surface area contributed by atoms with Gasteiger partial charge >= 0.3 is 0 Å². The van der Waals surface area contributed by atoms with Gasteiger partial charge in [-0.1, -0.05) is 26.0 Å². The van der Waals surface area contributed by atoms with E-state index in [0.29, 0.717) is 18.2 Å². The summed E-state index contributed by atoms with van der Waals surface area (Å²) in [5, 5.41) is 12.2. The second-order valence-corrected chi connectivity index (χ2v) is 3.79. The van der Waals surface area contributed by atoms with Crippen LogP contribution < -0.4 is 10.9 Å². The van der Waals surface area contributed by atoms with Gasteiger partial charge in [0.25, 0.3) is 5.69 Å². The van der Waals surface area contributed by atoms with Crippen molar-refractivity contribution in [2.24, 2.45) is 11.8 Å². The molecule has 0 radical (unpaired) electrons. The van der Waals surface area contributed by atoms with Crippen molar-refractivity contribution in [1.29, 1.82) is 0 Å². The lowest BCUT2D eigenvalue weighted by Gasteiger charge is -2.20. The maximum Gasteiger partial charge on any atom is 0.293 e. The molecule has 1 aromatic rings. The zero-order valence-electron chi connectivity index (χ0n) is 8.88. The van der Waals surface area contributed by atoms with Crippen molar-refractivity contribution < 1.29 is 4.92 Å². The van der Waals surface area contributed by atoms with Gasteiger partial charge in [0, 0.05) is 12.6 Å². The van der Waals surface area contributed by atoms with E-state index in [1.807, 2.05) is 13.8 Å². The molecule has 0 saturated heterocycles. The summed E-state index contributed by atoms with van der Waals surface area (Å²) in [5.41, 5.74) is 0.497. The first-order valence-electron chi connectivity index (χ1n) is 4.78. The molecular weight excluding hydrogens is 194 g/mol. The molecule has 0 atom stereocenters. The van der Waals surface area contributed by atoms with Gasteiger partial charge in [0.05, 0.1) is 4.92 Å². The number of para-hydroxylation sites is 2. The second kappa shape index (κ2) is 4.75. The molecule has 0 bridgehead atoms. The third-order valence-corrected chi connectivity index (χ3v) is 1.95. The van der Waals surface area contributed by atoms with E-state index in [4.69, 9.17) is 5.84 Å². The van der Waals surface area contributed by atoms with Crippen LogP contribution in [-0.4, -0.2) is 11.5 Å². The molecule has 0 fully saturated rings. The second-order valence-electron chi connectivity index (χ2n) is 3.79. The van der Waals surface area contributed by atoms with Crippen LogP contribution in [0.25, 0.3) is 0 Å². The van der Waals surface area contributed by atoms with E-state index in [2.05, 4.69) is 0 Å². The van der Waals surface area contributed by atoms with Crippen molar-refractivity contribution in [3.8, 4) is 0 Å². The molecule has 0 aromatic heterocycles. The number of nitrogens with two attached hydrogens (primary N) is 1. The molecule has 0 aliphatic heterocycles. The average molecular weight is 209 g/mol. The Morgan fingerprint density at radius 3 is 2.60 bits per heavy atom. The Balaban J connectivity index is 2.97. The van der Waals surface area contributed by atoms with Crippen molar-refractivity contribution in [2.45, 2.75) is 13.8 Å². The van der Waals surface area contributed by atoms with Crippen LogP contribution in [0, 0.1) is 16.0 Å². The van der Waals surface area contributed by atoms with Crippen molar-refractivity contribution in [1.82, 2.24) is 0 Å². The molecule has 15 heavy (non-hydrogen) atoms. The van der Waals surface area contributed by atoms with E-state index in [1.165, 1.54) is 11.1 Å². The molecule has 5 nitrogen and oxygen atoms in total. The van der Waals surface area contributed by atoms with Crippen LogP contribution in [0.3, 0.4) is 0 Å². The summed E-state index contributed by atoms with van der Waals surface area (Å²) in [6, 6.07) is 6.48. The maximum absolute atomic E-state index is 10.7. The van der Waals surface area contributed by atoms with E-state index in [1.54, 1.807) is 18.2 Å². The number of rotatable bonds is 4. The summed E-state index contributed by atoms with van der Waals surface area (Å²) >= 11 is 0. The van der Waals surface area contributed by atoms with E-state index < -0.39 is 4.92 Å². The number of nitrogens with zero attached hydrogens (tertiary/aromatic N) is 2. The molecule has 0 aliphatic carbocycles. The lowest BCUT2D eigenvalue weighted by atomic mass is 10.2. The molecule has 1 aromatic carbocycles. The number of hydrazine groups is 1. The molecule has 0 heterocycles. The van der Waals surface area contributed by atoms with Crippen molar-refractivity contribution in [3.05, 3.63) is 34.4 Å². The Bertz CT molecular complexity index is 352. The third kappa shape index (κ3) is 2.92. The number of anilines is 1. The first kappa shape index (κ1) is 11.5. The first-order chi connectivity index (χ1) is 7.02. The highest BCUT2D eigenvalue weighted by Crippen LogP contribution is 2.25. The van der Waals surface area contributed by atoms with E-state index in [-0.39, 0.29) is 5.69 Å². The lowest BCUT2D eigenvalue weighted by Crippen LogP contribution is -2.34. The predicted molar refractivity (Wildman–Crippen MR) is 59.5 cm³/mol. The highest BCUT2D eigenvalue weighted by atomic mass is 16.6. The highest BCUT2D eigenvalue weighted by molar-refractivity contribution is 5.62. The summed E-state index contributed by atoms with van der Waals surface area (Å²) in [4.78, 5) is 10.3. The molecule has 5 heteroatoms. The van der Waals surface area contributed by atoms with Gasteiger partial charge in [0.15, 0.2) is 0 Å². The Hall–Kier alpha value is -1.62. The summed E-state index contributed by atoms with van der Waals surface area (Å²) < 4.78 is 0. The van der Waals surface area contributed by atoms with Gasteiger partial charge in [-0.15, -0.1) is 0 Å². The minimum absolute atomic E-state index is 0.0423. The van der Waals surface area contributed by atoms with Crippen LogP contribution in [0.4, 0.5) is 11.4 Å². The monoisotopic (exact) mass is 209 g/mol. The molecule has 1 rings (SSSR count). The van der Waals surface area contributed by atoms with Gasteiger partial charge in [-0.2, -0.15) is 0 Å². The van der Waals surface area contributed by atoms with E-state index in [9.17, 15) is 10.1 Å². The number of hydrogen-bond acceptors (Lipinski definition) is 4. The van der Waals surface area contributed by atoms with Crippen molar-refractivity contribution in [3.63, 3.8) is 0 Å². The fraction of sp³-hybridized carbons (Fsp3) is 0.400. The third-order valence-electron chi connectivity index (χ3n) is 1.95. The van der Waals surface area contributed by atoms with Crippen molar-refractivity contribution in [2.75, 3.05) is 11.6 Å². The Morgan fingerprint density at radius 1 is 1.47 bits per heavy atom. The molecule has 0 aliphatic rings. The van der Waals surface area contributed by atoms with E-state index in [0.717, 1.165) is 0 Å². The van der Waals surface area contributed by atoms with Gasteiger partial charge in [-0.05, 0) is 12.0 Å². The smallest absolute Gasteiger partial charge is 0.293 e. The summed E-state index contributed by atoms with van der Waals surface area (Å²) in [6.07, 6.45) is 0. The number of nitro groups is 1. The SMILES string of the molecule is CC(C)CN(N)c1ccccc1[N+](=O)[O-]. The minimum atomic E-state index is -0.421. The molecule has 82 valence electrons. The van der Waals surface area contributed by atoms with Crippen LogP contribution in [0.2, 0.25) is 0 Å². The maximum atomic E-state index is 10.7. The largest absolute Gasteiger partial charge is 0.305 e. The highest BCUT2D eigenvalue weighted by Gasteiger charge is 2.16. The molecule has 2 N–H and O–H groups in total. The number of benzene rings is 1. The van der Waals surface area contributed by atoms with Crippen LogP contribution in [0.15, 0.2) is 24.3 Å². The summed E-state index contributed by atoms with van der Waals surface area (Å²) in [7, 11) is 0. The molecular formula is C10H15N3O2. The van der Waals surface area contributed by atoms with Gasteiger partial charge in [0.1, 0.15) is 5.69 Å². The van der Waals surface area contributed by atoms with Gasteiger partial charge in [0.2, 0.25) is 0 Å². The first-order valence-corrected chi connectivity index (χ1v) is 4.78. The Labute approximate surface area is 88.6 Å². The van der Waals surface area contributed by atoms with Crippen LogP contribution in [0.5, 0.6) is 0 Å². The Kier molecular flexibility index (Phi) is 3.62. The summed E-state index contributed by atoms with van der Waals surface area (Å²) in [5.74, 6) is 6.12. The predicted octanol–water partition coefficient (Wildman–Crippen LogP) is 1.93. The average Bonchev–Trinajstić information content (AvgIpc) is 2.16. The lowest BCUT2D eigenvalue weighted by molar-refractivity contribution is -0.384. The van der Waals surface area contributed by atoms with Gasteiger partial charge in [-0.25, -0.2) is 5.84 Å². The number of hydrogen-bond donors (Lipinski definition) is 1. The van der Waals surface area contributed by atoms with Crippen molar-refractivity contribution >= 4 is 11.4 Å². The van der Waals surface area contributed by atoms with Crippen LogP contribution >= 0.6 is 0 Å². The molecule has 0 unspecified atom stereocenters. The van der Waals surface area contributed by atoms with Gasteiger partial charge < -0.3 is 5.01 Å². The molecule has 0 saturated carbocycles. The molecule has 0 amide bonds. The fourth-order valence-electron chi connectivity index (χ4n) is 1.35. The Morgan fingerprint density at radius 2 is 2.07 bits per heavy atom. The zero-order chi connectivity index (χ0) is 11.4. The normalized spacial score (nSPS) is 10.4.